The standard InChI is InChI=1S/C12H11F2N3S2/c1-18-11-5-10(15)16-12(17-11)19-6-7-2-3-8(13)9(14)4-7/h2-5H,6H2,1H3,(H2,15,16,17). The number of nitrogens with two attached hydrogens (primary N) is 1. The van der Waals surface area contributed by atoms with Crippen molar-refractivity contribution in [2.24, 2.45) is 0 Å². The van der Waals surface area contributed by atoms with E-state index in [2.05, 4.69) is 9.97 Å². The fourth-order valence-corrected chi connectivity index (χ4v) is 2.65. The zero-order valence-electron chi connectivity index (χ0n) is 10.1. The monoisotopic (exact) mass is 299 g/mol. The molecule has 1 aromatic carbocycles. The second kappa shape index (κ2) is 6.21. The predicted octanol–water partition coefficient (Wildman–Crippen LogP) is 3.35. The summed E-state index contributed by atoms with van der Waals surface area (Å²) in [6.07, 6.45) is 1.89. The van der Waals surface area contributed by atoms with E-state index in [1.165, 1.54) is 35.7 Å². The number of nitrogens with zero attached hydrogens (tertiary/aromatic N) is 2. The molecule has 2 rings (SSSR count). The molecule has 0 spiro atoms. The van der Waals surface area contributed by atoms with Gasteiger partial charge in [-0.2, -0.15) is 0 Å². The molecular weight excluding hydrogens is 288 g/mol. The van der Waals surface area contributed by atoms with Gasteiger partial charge in [-0.3, -0.25) is 0 Å². The molecular formula is C12H11F2N3S2. The summed E-state index contributed by atoms with van der Waals surface area (Å²) in [5.41, 5.74) is 6.33. The van der Waals surface area contributed by atoms with Gasteiger partial charge in [0.25, 0.3) is 0 Å². The topological polar surface area (TPSA) is 51.8 Å². The summed E-state index contributed by atoms with van der Waals surface area (Å²) < 4.78 is 25.8. The molecule has 0 radical (unpaired) electrons. The number of anilines is 1. The van der Waals surface area contributed by atoms with Crippen molar-refractivity contribution in [2.45, 2.75) is 15.9 Å². The van der Waals surface area contributed by atoms with Gasteiger partial charge in [0.05, 0.1) is 0 Å². The highest BCUT2D eigenvalue weighted by Gasteiger charge is 2.06. The quantitative estimate of drug-likeness (QED) is 0.533. The van der Waals surface area contributed by atoms with Crippen LogP contribution < -0.4 is 5.73 Å². The first-order chi connectivity index (χ1) is 9.08. The van der Waals surface area contributed by atoms with Crippen molar-refractivity contribution in [1.82, 2.24) is 9.97 Å². The largest absolute Gasteiger partial charge is 0.384 e. The zero-order valence-corrected chi connectivity index (χ0v) is 11.7. The second-order valence-electron chi connectivity index (χ2n) is 3.65. The van der Waals surface area contributed by atoms with Gasteiger partial charge in [-0.1, -0.05) is 17.8 Å². The van der Waals surface area contributed by atoms with E-state index in [9.17, 15) is 8.78 Å². The Kier molecular flexibility index (Phi) is 4.60. The van der Waals surface area contributed by atoms with Crippen LogP contribution in [0.15, 0.2) is 34.4 Å². The molecule has 0 fully saturated rings. The molecule has 19 heavy (non-hydrogen) atoms. The van der Waals surface area contributed by atoms with Crippen LogP contribution in [0.4, 0.5) is 14.6 Å². The summed E-state index contributed by atoms with van der Waals surface area (Å²) in [6, 6.07) is 5.50. The Balaban J connectivity index is 2.09. The van der Waals surface area contributed by atoms with Gasteiger partial charge >= 0.3 is 0 Å². The van der Waals surface area contributed by atoms with E-state index in [0.717, 1.165) is 11.1 Å². The highest BCUT2D eigenvalue weighted by molar-refractivity contribution is 7.99. The number of nitrogen functional groups attached to an aromatic ring is 1. The highest BCUT2D eigenvalue weighted by atomic mass is 32.2. The van der Waals surface area contributed by atoms with E-state index in [1.807, 2.05) is 6.26 Å². The Morgan fingerprint density at radius 1 is 1.16 bits per heavy atom. The van der Waals surface area contributed by atoms with Gasteiger partial charge in [-0.15, -0.1) is 11.8 Å². The minimum atomic E-state index is -0.851. The van der Waals surface area contributed by atoms with Crippen LogP contribution in [0, 0.1) is 11.6 Å². The molecule has 0 saturated heterocycles. The number of halogens is 2. The van der Waals surface area contributed by atoms with E-state index in [1.54, 1.807) is 6.07 Å². The first-order valence-corrected chi connectivity index (χ1v) is 7.55. The van der Waals surface area contributed by atoms with Crippen molar-refractivity contribution >= 4 is 29.3 Å². The first kappa shape index (κ1) is 14.1. The van der Waals surface area contributed by atoms with Gasteiger partial charge in [0, 0.05) is 11.8 Å². The summed E-state index contributed by atoms with van der Waals surface area (Å²) in [4.78, 5) is 8.36. The van der Waals surface area contributed by atoms with E-state index < -0.39 is 11.6 Å². The van der Waals surface area contributed by atoms with Crippen LogP contribution in [-0.4, -0.2) is 16.2 Å². The maximum atomic E-state index is 13.0. The number of benzene rings is 1. The summed E-state index contributed by atoms with van der Waals surface area (Å²) >= 11 is 2.80. The molecule has 0 bridgehead atoms. The Morgan fingerprint density at radius 2 is 1.95 bits per heavy atom. The summed E-state index contributed by atoms with van der Waals surface area (Å²) in [5, 5.41) is 1.30. The lowest BCUT2D eigenvalue weighted by Gasteiger charge is -2.04. The lowest BCUT2D eigenvalue weighted by molar-refractivity contribution is 0.507. The average molecular weight is 299 g/mol. The molecule has 0 amide bonds. The molecule has 0 aliphatic carbocycles. The lowest BCUT2D eigenvalue weighted by Crippen LogP contribution is -1.96. The van der Waals surface area contributed by atoms with Crippen LogP contribution >= 0.6 is 23.5 Å². The summed E-state index contributed by atoms with van der Waals surface area (Å²) in [5.74, 6) is -0.851. The highest BCUT2D eigenvalue weighted by Crippen LogP contribution is 2.24. The molecule has 0 aliphatic heterocycles. The molecule has 100 valence electrons. The van der Waals surface area contributed by atoms with Crippen molar-refractivity contribution in [2.75, 3.05) is 12.0 Å². The van der Waals surface area contributed by atoms with Gasteiger partial charge < -0.3 is 5.73 Å². The summed E-state index contributed by atoms with van der Waals surface area (Å²) in [6.45, 7) is 0. The van der Waals surface area contributed by atoms with Crippen LogP contribution in [-0.2, 0) is 5.75 Å². The molecule has 1 heterocycles. The fraction of sp³-hybridized carbons (Fsp3) is 0.167. The van der Waals surface area contributed by atoms with Gasteiger partial charge in [-0.05, 0) is 24.0 Å². The van der Waals surface area contributed by atoms with Gasteiger partial charge in [-0.25, -0.2) is 18.7 Å². The van der Waals surface area contributed by atoms with E-state index >= 15 is 0 Å². The van der Waals surface area contributed by atoms with Crippen LogP contribution in [0.2, 0.25) is 0 Å². The molecule has 1 aromatic heterocycles. The van der Waals surface area contributed by atoms with Crippen molar-refractivity contribution in [1.29, 1.82) is 0 Å². The number of hydrogen-bond donors (Lipinski definition) is 1. The molecule has 2 aromatic rings. The van der Waals surface area contributed by atoms with Gasteiger partial charge in [0.2, 0.25) is 0 Å². The van der Waals surface area contributed by atoms with Crippen LogP contribution in [0.5, 0.6) is 0 Å². The third kappa shape index (κ3) is 3.81. The zero-order chi connectivity index (χ0) is 13.8. The smallest absolute Gasteiger partial charge is 0.190 e. The number of hydrogen-bond acceptors (Lipinski definition) is 5. The van der Waals surface area contributed by atoms with E-state index in [4.69, 9.17) is 5.73 Å². The van der Waals surface area contributed by atoms with Crippen molar-refractivity contribution in [3.05, 3.63) is 41.5 Å². The Bertz CT molecular complexity index is 593. The Morgan fingerprint density at radius 3 is 2.63 bits per heavy atom. The molecule has 0 aliphatic rings. The second-order valence-corrected chi connectivity index (χ2v) is 5.42. The number of thioether (sulfide) groups is 2. The molecule has 3 nitrogen and oxygen atoms in total. The SMILES string of the molecule is CSc1cc(N)nc(SCc2ccc(F)c(F)c2)n1. The minimum Gasteiger partial charge on any atom is -0.384 e. The minimum absolute atomic E-state index is 0.395. The fourth-order valence-electron chi connectivity index (χ4n) is 1.37. The summed E-state index contributed by atoms with van der Waals surface area (Å²) in [7, 11) is 0. The van der Waals surface area contributed by atoms with Crippen molar-refractivity contribution in [3.63, 3.8) is 0 Å². The third-order valence-corrected chi connectivity index (χ3v) is 3.81. The van der Waals surface area contributed by atoms with E-state index in [-0.39, 0.29) is 0 Å². The maximum absolute atomic E-state index is 13.0. The van der Waals surface area contributed by atoms with Crippen molar-refractivity contribution in [3.8, 4) is 0 Å². The normalized spacial score (nSPS) is 10.7. The van der Waals surface area contributed by atoms with Crippen LogP contribution in [0.3, 0.4) is 0 Å². The first-order valence-electron chi connectivity index (χ1n) is 5.34. The maximum Gasteiger partial charge on any atom is 0.190 e. The predicted molar refractivity (Wildman–Crippen MR) is 74.1 cm³/mol. The lowest BCUT2D eigenvalue weighted by atomic mass is 10.2. The Hall–Kier alpha value is -1.34. The van der Waals surface area contributed by atoms with Gasteiger partial charge in [0.15, 0.2) is 16.8 Å². The van der Waals surface area contributed by atoms with Gasteiger partial charge in [0.1, 0.15) is 10.8 Å². The molecule has 0 saturated carbocycles. The molecule has 0 unspecified atom stereocenters. The van der Waals surface area contributed by atoms with E-state index in [0.29, 0.717) is 22.3 Å². The van der Waals surface area contributed by atoms with Crippen LogP contribution in [0.1, 0.15) is 5.56 Å². The molecule has 0 atom stereocenters. The number of aromatic nitrogens is 2. The third-order valence-electron chi connectivity index (χ3n) is 2.26. The van der Waals surface area contributed by atoms with Crippen LogP contribution in [0.25, 0.3) is 0 Å². The van der Waals surface area contributed by atoms with Crippen molar-refractivity contribution < 1.29 is 8.78 Å². The molecule has 2 N–H and O–H groups in total. The average Bonchev–Trinajstić information content (AvgIpc) is 2.39. The number of rotatable bonds is 4. The molecule has 7 heteroatoms. The Labute approximate surface area is 118 Å².